The molecule has 1 saturated heterocycles. The molecule has 1 fully saturated rings. The zero-order valence-electron chi connectivity index (χ0n) is 15.1. The van der Waals surface area contributed by atoms with Gasteiger partial charge in [0.1, 0.15) is 5.75 Å². The van der Waals surface area contributed by atoms with Crippen LogP contribution in [0.15, 0.2) is 48.5 Å². The Morgan fingerprint density at radius 3 is 2.18 bits per heavy atom. The Morgan fingerprint density at radius 2 is 1.57 bits per heavy atom. The van der Waals surface area contributed by atoms with Gasteiger partial charge in [-0.2, -0.15) is 4.31 Å². The van der Waals surface area contributed by atoms with Crippen LogP contribution in [0.2, 0.25) is 10.0 Å². The van der Waals surface area contributed by atoms with Gasteiger partial charge in [-0.3, -0.25) is 4.79 Å². The second-order valence-electron chi connectivity index (χ2n) is 6.42. The minimum absolute atomic E-state index is 0.0412. The molecule has 1 aliphatic heterocycles. The van der Waals surface area contributed by atoms with Crippen LogP contribution in [-0.4, -0.2) is 56.3 Å². The van der Waals surface area contributed by atoms with Crippen molar-refractivity contribution in [3.05, 3.63) is 64.1 Å². The summed E-state index contributed by atoms with van der Waals surface area (Å²) in [5.74, 6) is 0.159. The summed E-state index contributed by atoms with van der Waals surface area (Å²) in [6, 6.07) is 13.8. The lowest BCUT2D eigenvalue weighted by molar-refractivity contribution is -0.134. The zero-order valence-corrected chi connectivity index (χ0v) is 17.4. The number of carbonyl (C=O) groups is 1. The highest BCUT2D eigenvalue weighted by atomic mass is 35.5. The molecule has 0 bridgehead atoms. The van der Waals surface area contributed by atoms with E-state index in [1.807, 2.05) is 18.2 Å². The maximum atomic E-state index is 12.6. The van der Waals surface area contributed by atoms with Crippen molar-refractivity contribution in [2.75, 3.05) is 32.8 Å². The van der Waals surface area contributed by atoms with Crippen LogP contribution in [0.3, 0.4) is 0 Å². The fourth-order valence-electron chi connectivity index (χ4n) is 2.94. The number of hydrogen-bond donors (Lipinski definition) is 0. The van der Waals surface area contributed by atoms with Gasteiger partial charge in [-0.1, -0.05) is 53.5 Å². The highest BCUT2D eigenvalue weighted by molar-refractivity contribution is 7.88. The topological polar surface area (TPSA) is 66.9 Å². The van der Waals surface area contributed by atoms with E-state index in [0.29, 0.717) is 28.9 Å². The van der Waals surface area contributed by atoms with Crippen molar-refractivity contribution in [2.24, 2.45) is 0 Å². The first-order valence-corrected chi connectivity index (χ1v) is 11.1. The molecule has 2 aromatic rings. The molecule has 1 aliphatic rings. The molecule has 1 heterocycles. The van der Waals surface area contributed by atoms with E-state index >= 15 is 0 Å². The number of nitrogens with zero attached hydrogens (tertiary/aromatic N) is 2. The predicted molar refractivity (Wildman–Crippen MR) is 109 cm³/mol. The van der Waals surface area contributed by atoms with Crippen molar-refractivity contribution in [3.8, 4) is 5.75 Å². The van der Waals surface area contributed by atoms with Crippen molar-refractivity contribution in [2.45, 2.75) is 5.75 Å². The number of amides is 1. The molecule has 1 amide bonds. The van der Waals surface area contributed by atoms with Gasteiger partial charge in [0.05, 0.1) is 5.75 Å². The third-order valence-corrected chi connectivity index (χ3v) is 6.66. The van der Waals surface area contributed by atoms with Crippen LogP contribution in [0.25, 0.3) is 0 Å². The lowest BCUT2D eigenvalue weighted by atomic mass is 10.2. The lowest BCUT2D eigenvalue weighted by Gasteiger charge is -2.34. The Bertz CT molecular complexity index is 910. The predicted octanol–water partition coefficient (Wildman–Crippen LogP) is 3.05. The summed E-state index contributed by atoms with van der Waals surface area (Å²) in [7, 11) is -3.42. The van der Waals surface area contributed by atoms with Gasteiger partial charge in [0.25, 0.3) is 5.91 Å². The van der Waals surface area contributed by atoms with E-state index in [1.165, 1.54) is 4.31 Å². The Balaban J connectivity index is 1.51. The molecule has 3 rings (SSSR count). The molecule has 0 aromatic heterocycles. The van der Waals surface area contributed by atoms with Crippen LogP contribution >= 0.6 is 23.2 Å². The molecule has 28 heavy (non-hydrogen) atoms. The van der Waals surface area contributed by atoms with Crippen molar-refractivity contribution >= 4 is 39.1 Å². The van der Waals surface area contributed by atoms with E-state index in [2.05, 4.69) is 0 Å². The van der Waals surface area contributed by atoms with Crippen LogP contribution in [0.1, 0.15) is 5.56 Å². The molecule has 0 N–H and O–H groups in total. The van der Waals surface area contributed by atoms with Crippen LogP contribution in [-0.2, 0) is 20.6 Å². The Hall–Kier alpha value is -1.80. The molecule has 150 valence electrons. The standard InChI is InChI=1S/C19H20Cl2N2O4S/c20-16-10-17(21)12-18(11-16)27-13-19(24)22-6-8-23(9-7-22)28(25,26)14-15-4-2-1-3-5-15/h1-5,10-12H,6-9,13-14H2. The Kier molecular flexibility index (Phi) is 6.82. The largest absolute Gasteiger partial charge is 0.484 e. The van der Waals surface area contributed by atoms with Crippen LogP contribution < -0.4 is 4.74 Å². The maximum Gasteiger partial charge on any atom is 0.260 e. The third kappa shape index (κ3) is 5.61. The molecule has 0 atom stereocenters. The van der Waals surface area contributed by atoms with E-state index in [0.717, 1.165) is 5.56 Å². The lowest BCUT2D eigenvalue weighted by Crippen LogP contribution is -2.51. The molecule has 9 heteroatoms. The smallest absolute Gasteiger partial charge is 0.260 e. The van der Waals surface area contributed by atoms with Gasteiger partial charge in [-0.05, 0) is 23.8 Å². The van der Waals surface area contributed by atoms with Gasteiger partial charge in [-0.15, -0.1) is 0 Å². The third-order valence-electron chi connectivity index (χ3n) is 4.38. The van der Waals surface area contributed by atoms with Crippen LogP contribution in [0.5, 0.6) is 5.75 Å². The van der Waals surface area contributed by atoms with Crippen molar-refractivity contribution in [3.63, 3.8) is 0 Å². The number of halogens is 2. The van der Waals surface area contributed by atoms with Gasteiger partial charge < -0.3 is 9.64 Å². The summed E-state index contributed by atoms with van der Waals surface area (Å²) in [5, 5.41) is 0.847. The quantitative estimate of drug-likeness (QED) is 0.689. The van der Waals surface area contributed by atoms with E-state index < -0.39 is 10.0 Å². The Labute approximate surface area is 174 Å². The van der Waals surface area contributed by atoms with Gasteiger partial charge in [0.2, 0.25) is 10.0 Å². The first kappa shape index (κ1) is 20.9. The minimum atomic E-state index is -3.42. The van der Waals surface area contributed by atoms with Gasteiger partial charge in [0.15, 0.2) is 6.61 Å². The monoisotopic (exact) mass is 442 g/mol. The van der Waals surface area contributed by atoms with Gasteiger partial charge in [0, 0.05) is 36.2 Å². The van der Waals surface area contributed by atoms with Gasteiger partial charge in [-0.25, -0.2) is 8.42 Å². The van der Waals surface area contributed by atoms with E-state index in [4.69, 9.17) is 27.9 Å². The number of piperazine rings is 1. The minimum Gasteiger partial charge on any atom is -0.484 e. The number of sulfonamides is 1. The molecule has 0 saturated carbocycles. The number of carbonyl (C=O) groups excluding carboxylic acids is 1. The fourth-order valence-corrected chi connectivity index (χ4v) is 4.96. The highest BCUT2D eigenvalue weighted by Gasteiger charge is 2.29. The maximum absolute atomic E-state index is 12.6. The summed E-state index contributed by atoms with van der Waals surface area (Å²) in [5.41, 5.74) is 0.745. The molecular weight excluding hydrogens is 423 g/mol. The number of rotatable bonds is 6. The number of hydrogen-bond acceptors (Lipinski definition) is 4. The van der Waals surface area contributed by atoms with Crippen molar-refractivity contribution in [1.29, 1.82) is 0 Å². The average Bonchev–Trinajstić information content (AvgIpc) is 2.66. The molecule has 0 aliphatic carbocycles. The van der Waals surface area contributed by atoms with Crippen molar-refractivity contribution < 1.29 is 17.9 Å². The first-order chi connectivity index (χ1) is 13.3. The fraction of sp³-hybridized carbons (Fsp3) is 0.316. The summed E-state index contributed by atoms with van der Waals surface area (Å²) in [6.45, 7) is 1.03. The molecule has 0 spiro atoms. The zero-order chi connectivity index (χ0) is 20.1. The summed E-state index contributed by atoms with van der Waals surface area (Å²) in [4.78, 5) is 14.0. The van der Waals surface area contributed by atoms with E-state index in [1.54, 1.807) is 35.2 Å². The number of benzene rings is 2. The molecule has 2 aromatic carbocycles. The highest BCUT2D eigenvalue weighted by Crippen LogP contribution is 2.24. The molecule has 0 radical (unpaired) electrons. The van der Waals surface area contributed by atoms with Crippen LogP contribution in [0, 0.1) is 0 Å². The summed E-state index contributed by atoms with van der Waals surface area (Å²) in [6.07, 6.45) is 0. The number of ether oxygens (including phenoxy) is 1. The molecular formula is C19H20Cl2N2O4S. The molecule has 0 unspecified atom stereocenters. The van der Waals surface area contributed by atoms with E-state index in [9.17, 15) is 13.2 Å². The summed E-state index contributed by atoms with van der Waals surface area (Å²) >= 11 is 11.8. The van der Waals surface area contributed by atoms with E-state index in [-0.39, 0.29) is 31.4 Å². The first-order valence-electron chi connectivity index (χ1n) is 8.72. The Morgan fingerprint density at radius 1 is 0.964 bits per heavy atom. The average molecular weight is 443 g/mol. The normalized spacial score (nSPS) is 15.4. The second kappa shape index (κ2) is 9.13. The second-order valence-corrected chi connectivity index (χ2v) is 9.26. The SMILES string of the molecule is O=C(COc1cc(Cl)cc(Cl)c1)N1CCN(S(=O)(=O)Cc2ccccc2)CC1. The van der Waals surface area contributed by atoms with Crippen LogP contribution in [0.4, 0.5) is 0 Å². The van der Waals surface area contributed by atoms with Crippen molar-refractivity contribution in [1.82, 2.24) is 9.21 Å². The molecule has 6 nitrogen and oxygen atoms in total. The van der Waals surface area contributed by atoms with Gasteiger partial charge >= 0.3 is 0 Å². The summed E-state index contributed by atoms with van der Waals surface area (Å²) < 4.78 is 32.1.